The molecule has 1 aliphatic rings. The minimum atomic E-state index is -0.662. The van der Waals surface area contributed by atoms with Crippen molar-refractivity contribution in [2.45, 2.75) is 64.5 Å². The summed E-state index contributed by atoms with van der Waals surface area (Å²) in [6.07, 6.45) is 8.19. The van der Waals surface area contributed by atoms with E-state index in [1.54, 1.807) is 0 Å². The number of carbonyl (C=O) groups excluding carboxylic acids is 4. The molecule has 2 amide bonds. The summed E-state index contributed by atoms with van der Waals surface area (Å²) in [6.45, 7) is 7.52. The summed E-state index contributed by atoms with van der Waals surface area (Å²) in [5.74, 6) is -0.262. The van der Waals surface area contributed by atoms with E-state index in [-0.39, 0.29) is 12.3 Å². The van der Waals surface area contributed by atoms with E-state index in [0.29, 0.717) is 25.8 Å². The largest absolute Gasteiger partial charge is 0.369 e. The number of anilines is 1. The maximum absolute atomic E-state index is 12.3. The molecule has 8 heteroatoms. The number of hydrogen-bond acceptors (Lipinski definition) is 6. The first-order valence-corrected chi connectivity index (χ1v) is 12.4. The summed E-state index contributed by atoms with van der Waals surface area (Å²) >= 11 is 0. The minimum Gasteiger partial charge on any atom is -0.369 e. The van der Waals surface area contributed by atoms with Crippen molar-refractivity contribution >= 4 is 30.6 Å². The Hall–Kier alpha value is -2.74. The zero-order valence-corrected chi connectivity index (χ0v) is 20.7. The summed E-state index contributed by atoms with van der Waals surface area (Å²) in [4.78, 5) is 51.6. The van der Waals surface area contributed by atoms with Crippen molar-refractivity contribution in [2.24, 2.45) is 0 Å². The highest BCUT2D eigenvalue weighted by Crippen LogP contribution is 2.23. The standard InChI is InChI=1S/C26H40N4O4/c1-22-19-24(29-15-13-28(14-16-29)12-6-4-3-5-7-17-31)11-10-23(22)20-30(21-33)25(9-8-18-32)26(34)27-2/h10-11,17-19,21,25H,3-9,12-16,20H2,1-2H3,(H,27,34). The first-order chi connectivity index (χ1) is 16.5. The first-order valence-electron chi connectivity index (χ1n) is 12.4. The molecule has 1 aromatic carbocycles. The fourth-order valence-electron chi connectivity index (χ4n) is 4.46. The highest BCUT2D eigenvalue weighted by Gasteiger charge is 2.24. The second kappa shape index (κ2) is 15.2. The van der Waals surface area contributed by atoms with E-state index < -0.39 is 6.04 Å². The molecule has 1 saturated heterocycles. The second-order valence-corrected chi connectivity index (χ2v) is 8.96. The van der Waals surface area contributed by atoms with Gasteiger partial charge in [0.2, 0.25) is 12.3 Å². The van der Waals surface area contributed by atoms with Gasteiger partial charge in [0.15, 0.2) is 0 Å². The molecule has 1 N–H and O–H groups in total. The summed E-state index contributed by atoms with van der Waals surface area (Å²) in [5, 5.41) is 2.59. The lowest BCUT2D eigenvalue weighted by atomic mass is 10.0. The Morgan fingerprint density at radius 2 is 1.74 bits per heavy atom. The number of unbranched alkanes of at least 4 members (excludes halogenated alkanes) is 4. The molecule has 1 unspecified atom stereocenters. The van der Waals surface area contributed by atoms with Gasteiger partial charge in [0.05, 0.1) is 0 Å². The lowest BCUT2D eigenvalue weighted by molar-refractivity contribution is -0.133. The molecule has 1 fully saturated rings. The van der Waals surface area contributed by atoms with Crippen LogP contribution in [0.3, 0.4) is 0 Å². The van der Waals surface area contributed by atoms with Crippen molar-refractivity contribution in [3.63, 3.8) is 0 Å². The quantitative estimate of drug-likeness (QED) is 0.293. The molecule has 1 heterocycles. The monoisotopic (exact) mass is 472 g/mol. The van der Waals surface area contributed by atoms with Crippen LogP contribution in [0, 0.1) is 6.92 Å². The van der Waals surface area contributed by atoms with Gasteiger partial charge in [0.25, 0.3) is 0 Å². The van der Waals surface area contributed by atoms with Gasteiger partial charge in [0.1, 0.15) is 18.6 Å². The summed E-state index contributed by atoms with van der Waals surface area (Å²) in [6, 6.07) is 5.62. The maximum Gasteiger partial charge on any atom is 0.242 e. The topological polar surface area (TPSA) is 90.0 Å². The van der Waals surface area contributed by atoms with Crippen LogP contribution in [0.15, 0.2) is 18.2 Å². The molecule has 1 aliphatic heterocycles. The Bertz CT molecular complexity index is 793. The second-order valence-electron chi connectivity index (χ2n) is 8.96. The van der Waals surface area contributed by atoms with Gasteiger partial charge in [-0.25, -0.2) is 0 Å². The van der Waals surface area contributed by atoms with Crippen LogP contribution in [0.2, 0.25) is 0 Å². The highest BCUT2D eigenvalue weighted by atomic mass is 16.2. The van der Waals surface area contributed by atoms with Crippen LogP contribution in [0.4, 0.5) is 5.69 Å². The molecule has 1 atom stereocenters. The molecule has 34 heavy (non-hydrogen) atoms. The predicted octanol–water partition coefficient (Wildman–Crippen LogP) is 2.32. The number of piperazine rings is 1. The SMILES string of the molecule is CNC(=O)C(CCC=O)N(C=O)Cc1ccc(N2CCN(CCCCCCC=O)CC2)cc1C. The smallest absolute Gasteiger partial charge is 0.242 e. The lowest BCUT2D eigenvalue weighted by Gasteiger charge is -2.36. The average molecular weight is 473 g/mol. The zero-order chi connectivity index (χ0) is 24.8. The van der Waals surface area contributed by atoms with Crippen LogP contribution >= 0.6 is 0 Å². The maximum atomic E-state index is 12.3. The summed E-state index contributed by atoms with van der Waals surface area (Å²) in [5.41, 5.74) is 3.24. The fourth-order valence-corrected chi connectivity index (χ4v) is 4.46. The van der Waals surface area contributed by atoms with Crippen molar-refractivity contribution in [1.29, 1.82) is 0 Å². The van der Waals surface area contributed by atoms with Gasteiger partial charge < -0.3 is 24.7 Å². The van der Waals surface area contributed by atoms with Crippen molar-refractivity contribution in [2.75, 3.05) is 44.7 Å². The minimum absolute atomic E-state index is 0.229. The Labute approximate surface area is 203 Å². The third-order valence-corrected chi connectivity index (χ3v) is 6.61. The molecule has 0 aliphatic carbocycles. The van der Waals surface area contributed by atoms with E-state index in [4.69, 9.17) is 0 Å². The third kappa shape index (κ3) is 8.56. The molecule has 188 valence electrons. The van der Waals surface area contributed by atoms with E-state index in [9.17, 15) is 19.2 Å². The molecular formula is C26H40N4O4. The van der Waals surface area contributed by atoms with Gasteiger partial charge in [-0.15, -0.1) is 0 Å². The average Bonchev–Trinajstić information content (AvgIpc) is 2.86. The van der Waals surface area contributed by atoms with E-state index in [1.165, 1.54) is 30.5 Å². The van der Waals surface area contributed by atoms with Crippen molar-refractivity contribution in [3.05, 3.63) is 29.3 Å². The number of aryl methyl sites for hydroxylation is 1. The number of likely N-dealkylation sites (N-methyl/N-ethyl adjacent to an activating group) is 1. The number of nitrogens with zero attached hydrogens (tertiary/aromatic N) is 3. The van der Waals surface area contributed by atoms with Crippen LogP contribution < -0.4 is 10.2 Å². The van der Waals surface area contributed by atoms with Gasteiger partial charge in [-0.1, -0.05) is 18.9 Å². The number of aldehydes is 2. The Morgan fingerprint density at radius 1 is 1.03 bits per heavy atom. The lowest BCUT2D eigenvalue weighted by Crippen LogP contribution is -2.46. The summed E-state index contributed by atoms with van der Waals surface area (Å²) in [7, 11) is 1.54. The van der Waals surface area contributed by atoms with Gasteiger partial charge in [0, 0.05) is 58.3 Å². The third-order valence-electron chi connectivity index (χ3n) is 6.61. The number of benzene rings is 1. The molecule has 0 radical (unpaired) electrons. The van der Waals surface area contributed by atoms with Gasteiger partial charge >= 0.3 is 0 Å². The first kappa shape index (κ1) is 27.5. The van der Waals surface area contributed by atoms with Gasteiger partial charge in [-0.2, -0.15) is 0 Å². The molecule has 0 saturated carbocycles. The number of hydrogen-bond donors (Lipinski definition) is 1. The Morgan fingerprint density at radius 3 is 2.35 bits per heavy atom. The van der Waals surface area contributed by atoms with E-state index in [0.717, 1.165) is 69.3 Å². The van der Waals surface area contributed by atoms with E-state index >= 15 is 0 Å². The molecular weight excluding hydrogens is 432 g/mol. The molecule has 0 bridgehead atoms. The highest BCUT2D eigenvalue weighted by molar-refractivity contribution is 5.83. The number of rotatable bonds is 16. The van der Waals surface area contributed by atoms with Gasteiger partial charge in [-0.05, 0) is 56.0 Å². The zero-order valence-electron chi connectivity index (χ0n) is 20.7. The molecule has 0 aromatic heterocycles. The van der Waals surface area contributed by atoms with Crippen LogP contribution in [0.1, 0.15) is 56.1 Å². The number of carbonyl (C=O) groups is 4. The van der Waals surface area contributed by atoms with E-state index in [2.05, 4.69) is 27.2 Å². The van der Waals surface area contributed by atoms with Crippen LogP contribution in [-0.2, 0) is 25.7 Å². The molecule has 1 aromatic rings. The van der Waals surface area contributed by atoms with Crippen molar-refractivity contribution < 1.29 is 19.2 Å². The Kier molecular flexibility index (Phi) is 12.3. The molecule has 0 spiro atoms. The molecule has 2 rings (SSSR count). The fraction of sp³-hybridized carbons (Fsp3) is 0.615. The molecule has 8 nitrogen and oxygen atoms in total. The van der Waals surface area contributed by atoms with Crippen molar-refractivity contribution in [1.82, 2.24) is 15.1 Å². The summed E-state index contributed by atoms with van der Waals surface area (Å²) < 4.78 is 0. The van der Waals surface area contributed by atoms with Crippen LogP contribution in [0.25, 0.3) is 0 Å². The van der Waals surface area contributed by atoms with Crippen molar-refractivity contribution in [3.8, 4) is 0 Å². The van der Waals surface area contributed by atoms with Crippen LogP contribution in [0.5, 0.6) is 0 Å². The van der Waals surface area contributed by atoms with Crippen LogP contribution in [-0.4, -0.2) is 80.5 Å². The van der Waals surface area contributed by atoms with Gasteiger partial charge in [-0.3, -0.25) is 14.5 Å². The normalized spacial score (nSPS) is 14.9. The number of amides is 2. The van der Waals surface area contributed by atoms with E-state index in [1.807, 2.05) is 13.0 Å². The predicted molar refractivity (Wildman–Crippen MR) is 134 cm³/mol. The number of nitrogens with one attached hydrogen (secondary N) is 1. The Balaban J connectivity index is 1.89.